The summed E-state index contributed by atoms with van der Waals surface area (Å²) in [6.45, 7) is 0. The number of methoxy groups -OCH3 is 2. The first-order valence-electron chi connectivity index (χ1n) is 12.8. The van der Waals surface area contributed by atoms with Crippen LogP contribution in [0.4, 0.5) is 15.8 Å². The van der Waals surface area contributed by atoms with Gasteiger partial charge in [-0.1, -0.05) is 34.1 Å². The van der Waals surface area contributed by atoms with Crippen molar-refractivity contribution >= 4 is 62.9 Å². The summed E-state index contributed by atoms with van der Waals surface area (Å²) in [7, 11) is 3.03. The summed E-state index contributed by atoms with van der Waals surface area (Å²) in [6, 6.07) is 24.9. The molecule has 0 aliphatic carbocycles. The van der Waals surface area contributed by atoms with Gasteiger partial charge < -0.3 is 25.4 Å². The van der Waals surface area contributed by atoms with E-state index in [4.69, 9.17) is 9.47 Å². The second-order valence-corrected chi connectivity index (χ2v) is 10.9. The molecule has 3 N–H and O–H groups in total. The summed E-state index contributed by atoms with van der Waals surface area (Å²) in [4.78, 5) is 39.4. The van der Waals surface area contributed by atoms with Crippen LogP contribution in [-0.4, -0.2) is 37.7 Å². The van der Waals surface area contributed by atoms with Crippen LogP contribution in [0.3, 0.4) is 0 Å². The Balaban J connectivity index is 1.46. The van der Waals surface area contributed by atoms with Gasteiger partial charge in [-0.25, -0.2) is 4.39 Å². The van der Waals surface area contributed by atoms with Crippen LogP contribution in [0.2, 0.25) is 0 Å². The molecule has 220 valence electrons. The molecule has 3 amide bonds. The maximum Gasteiger partial charge on any atom is 0.272 e. The minimum atomic E-state index is -0.564. The second-order valence-electron chi connectivity index (χ2n) is 8.93. The van der Waals surface area contributed by atoms with Gasteiger partial charge in [-0.05, 0) is 78.9 Å². The molecule has 4 rings (SSSR count). The molecule has 0 aliphatic heterocycles. The van der Waals surface area contributed by atoms with Crippen LogP contribution in [0.25, 0.3) is 6.08 Å². The minimum absolute atomic E-state index is 0.0179. The first-order valence-corrected chi connectivity index (χ1v) is 14.6. The summed E-state index contributed by atoms with van der Waals surface area (Å²) in [5.41, 5.74) is 1.45. The van der Waals surface area contributed by atoms with E-state index >= 15 is 0 Å². The topological polar surface area (TPSA) is 106 Å². The average molecular weight is 665 g/mol. The van der Waals surface area contributed by atoms with Crippen molar-refractivity contribution in [3.8, 4) is 11.5 Å². The lowest BCUT2D eigenvalue weighted by atomic mass is 10.1. The highest BCUT2D eigenvalue weighted by atomic mass is 79.9. The Morgan fingerprint density at radius 2 is 1.63 bits per heavy atom. The fourth-order valence-corrected chi connectivity index (χ4v) is 4.84. The van der Waals surface area contributed by atoms with Crippen molar-refractivity contribution in [1.82, 2.24) is 5.32 Å². The van der Waals surface area contributed by atoms with Crippen LogP contribution in [0.5, 0.6) is 11.5 Å². The van der Waals surface area contributed by atoms with Crippen molar-refractivity contribution in [3.63, 3.8) is 0 Å². The highest BCUT2D eigenvalue weighted by Crippen LogP contribution is 2.27. The normalized spacial score (nSPS) is 10.9. The van der Waals surface area contributed by atoms with Crippen LogP contribution in [0.15, 0.2) is 106 Å². The Labute approximate surface area is 260 Å². The van der Waals surface area contributed by atoms with Gasteiger partial charge in [0.25, 0.3) is 11.8 Å². The Morgan fingerprint density at radius 1 is 0.884 bits per heavy atom. The Morgan fingerprint density at radius 3 is 2.30 bits per heavy atom. The molecule has 0 unspecified atom stereocenters. The van der Waals surface area contributed by atoms with E-state index in [1.165, 1.54) is 44.2 Å². The molecular weight excluding hydrogens is 637 g/mol. The van der Waals surface area contributed by atoms with Crippen LogP contribution in [0.1, 0.15) is 15.9 Å². The zero-order valence-electron chi connectivity index (χ0n) is 23.2. The molecule has 11 heteroatoms. The van der Waals surface area contributed by atoms with Gasteiger partial charge >= 0.3 is 0 Å². The van der Waals surface area contributed by atoms with Crippen molar-refractivity contribution in [2.45, 2.75) is 4.90 Å². The summed E-state index contributed by atoms with van der Waals surface area (Å²) >= 11 is 4.44. The largest absolute Gasteiger partial charge is 0.497 e. The lowest BCUT2D eigenvalue weighted by molar-refractivity contribution is -0.114. The smallest absolute Gasteiger partial charge is 0.272 e. The number of rotatable bonds is 11. The quantitative estimate of drug-likeness (QED) is 0.121. The van der Waals surface area contributed by atoms with Crippen molar-refractivity contribution in [3.05, 3.63) is 118 Å². The molecule has 0 radical (unpaired) electrons. The molecule has 0 atom stereocenters. The van der Waals surface area contributed by atoms with Gasteiger partial charge in [-0.2, -0.15) is 0 Å². The van der Waals surface area contributed by atoms with Crippen LogP contribution < -0.4 is 25.4 Å². The molecule has 0 aromatic heterocycles. The zero-order valence-corrected chi connectivity index (χ0v) is 25.6. The third kappa shape index (κ3) is 8.94. The number of nitrogens with one attached hydrogen (secondary N) is 3. The van der Waals surface area contributed by atoms with Gasteiger partial charge in [0.05, 0.1) is 25.7 Å². The number of benzene rings is 4. The fourth-order valence-electron chi connectivity index (χ4n) is 3.81. The fraction of sp³-hybridized carbons (Fsp3) is 0.0938. The Bertz CT molecular complexity index is 1650. The molecule has 0 fully saturated rings. The maximum absolute atomic E-state index is 14.0. The molecule has 4 aromatic rings. The van der Waals surface area contributed by atoms with E-state index in [1.807, 2.05) is 0 Å². The summed E-state index contributed by atoms with van der Waals surface area (Å²) in [6.07, 6.45) is 1.51. The van der Waals surface area contributed by atoms with Crippen LogP contribution in [0, 0.1) is 5.82 Å². The average Bonchev–Trinajstić information content (AvgIpc) is 3.02. The third-order valence-corrected chi connectivity index (χ3v) is 7.46. The number of ether oxygens (including phenoxy) is 2. The highest BCUT2D eigenvalue weighted by molar-refractivity contribution is 9.10. The van der Waals surface area contributed by atoms with E-state index in [-0.39, 0.29) is 23.0 Å². The number of thioether (sulfide) groups is 1. The first-order chi connectivity index (χ1) is 20.7. The maximum atomic E-state index is 14.0. The summed E-state index contributed by atoms with van der Waals surface area (Å²) < 4.78 is 25.3. The number of hydrogen-bond donors (Lipinski definition) is 3. The van der Waals surface area contributed by atoms with Gasteiger partial charge in [-0.15, -0.1) is 11.8 Å². The van der Waals surface area contributed by atoms with Crippen molar-refractivity contribution < 1.29 is 28.2 Å². The lowest BCUT2D eigenvalue weighted by Gasteiger charge is -2.13. The van der Waals surface area contributed by atoms with Gasteiger partial charge in [0.2, 0.25) is 5.91 Å². The second kappa shape index (κ2) is 15.0. The number of hydrogen-bond acceptors (Lipinski definition) is 6. The van der Waals surface area contributed by atoms with Crippen molar-refractivity contribution in [1.29, 1.82) is 0 Å². The molecule has 0 saturated heterocycles. The molecule has 0 bridgehead atoms. The van der Waals surface area contributed by atoms with E-state index < -0.39 is 17.6 Å². The predicted molar refractivity (Wildman–Crippen MR) is 170 cm³/mol. The molecule has 0 spiro atoms. The number of halogens is 2. The molecule has 8 nitrogen and oxygen atoms in total. The Kier molecular flexibility index (Phi) is 11.0. The monoisotopic (exact) mass is 663 g/mol. The van der Waals surface area contributed by atoms with Gasteiger partial charge in [0.1, 0.15) is 23.0 Å². The van der Waals surface area contributed by atoms with Crippen molar-refractivity contribution in [2.75, 3.05) is 30.6 Å². The minimum Gasteiger partial charge on any atom is -0.497 e. The molecule has 43 heavy (non-hydrogen) atoms. The molecular formula is C32H27BrFN3O5S. The summed E-state index contributed by atoms with van der Waals surface area (Å²) in [5, 5.41) is 8.04. The standard InChI is InChI=1S/C32H27BrFN3O5S/c1-41-24-11-15-29(42-2)21(16-24)17-28(37-31(39)20-6-4-3-5-7-20)32(40)35-23-9-12-25(13-10-23)43-19-30(38)36-27-14-8-22(33)18-26(27)34/h3-18H,19H2,1-2H3,(H,35,40)(H,36,38)(H,37,39)/b28-17-. The third-order valence-electron chi connectivity index (χ3n) is 5.95. The number of carbonyl (C=O) groups is 3. The van der Waals surface area contributed by atoms with E-state index in [9.17, 15) is 18.8 Å². The molecule has 0 saturated carbocycles. The Hall–Kier alpha value is -4.61. The highest BCUT2D eigenvalue weighted by Gasteiger charge is 2.17. The van der Waals surface area contributed by atoms with Gasteiger partial charge in [-0.3, -0.25) is 14.4 Å². The number of carbonyl (C=O) groups excluding carboxylic acids is 3. The molecule has 0 heterocycles. The molecule has 4 aromatic carbocycles. The van der Waals surface area contributed by atoms with Crippen LogP contribution >= 0.6 is 27.7 Å². The number of amides is 3. The van der Waals surface area contributed by atoms with Crippen LogP contribution in [-0.2, 0) is 9.59 Å². The van der Waals surface area contributed by atoms with Gasteiger partial charge in [0, 0.05) is 26.2 Å². The lowest BCUT2D eigenvalue weighted by Crippen LogP contribution is -2.30. The van der Waals surface area contributed by atoms with E-state index in [1.54, 1.807) is 78.9 Å². The molecule has 0 aliphatic rings. The van der Waals surface area contributed by atoms with E-state index in [0.717, 1.165) is 4.90 Å². The zero-order chi connectivity index (χ0) is 30.8. The predicted octanol–water partition coefficient (Wildman–Crippen LogP) is 6.75. The first kappa shape index (κ1) is 31.3. The number of anilines is 2. The van der Waals surface area contributed by atoms with E-state index in [2.05, 4.69) is 31.9 Å². The van der Waals surface area contributed by atoms with Gasteiger partial charge in [0.15, 0.2) is 0 Å². The van der Waals surface area contributed by atoms with Crippen molar-refractivity contribution in [2.24, 2.45) is 0 Å². The SMILES string of the molecule is COc1ccc(OC)c(/C=C(\NC(=O)c2ccccc2)C(=O)Nc2ccc(SCC(=O)Nc3ccc(Br)cc3F)cc2)c1. The van der Waals surface area contributed by atoms with E-state index in [0.29, 0.717) is 32.8 Å². The summed E-state index contributed by atoms with van der Waals surface area (Å²) in [5.74, 6) is -0.839.